The Bertz CT molecular complexity index is 2600. The number of hydrogen-bond acceptors (Lipinski definition) is 8. The van der Waals surface area contributed by atoms with Crippen molar-refractivity contribution in [2.75, 3.05) is 43.4 Å². The summed E-state index contributed by atoms with van der Waals surface area (Å²) in [7, 11) is 0. The van der Waals surface area contributed by atoms with Gasteiger partial charge in [0.05, 0.1) is 38.3 Å². The number of likely N-dealkylation sites (tertiary alicyclic amines) is 2. The number of aromatic nitrogens is 6. The topological polar surface area (TPSA) is 90.9 Å². The van der Waals surface area contributed by atoms with Crippen LogP contribution in [0.1, 0.15) is 43.7 Å². The van der Waals surface area contributed by atoms with Crippen LogP contribution in [0.2, 0.25) is 10.0 Å². The smallest absolute Gasteiger partial charge is 0.367 e. The third-order valence-corrected chi connectivity index (χ3v) is 12.9. The van der Waals surface area contributed by atoms with Gasteiger partial charge in [0.15, 0.2) is 11.3 Å². The molecule has 2 aliphatic heterocycles. The first-order valence-electron chi connectivity index (χ1n) is 20.2. The quantitative estimate of drug-likeness (QED) is 0.148. The molecule has 0 amide bonds. The van der Waals surface area contributed by atoms with Crippen LogP contribution in [0, 0.1) is 0 Å². The van der Waals surface area contributed by atoms with Crippen molar-refractivity contribution in [1.82, 2.24) is 39.0 Å². The van der Waals surface area contributed by atoms with E-state index in [2.05, 4.69) is 69.4 Å². The first-order chi connectivity index (χ1) is 29.4. The van der Waals surface area contributed by atoms with Crippen molar-refractivity contribution in [3.8, 4) is 22.5 Å². The van der Waals surface area contributed by atoms with Gasteiger partial charge in [-0.05, 0) is 93.9 Å². The first kappa shape index (κ1) is 43.4. The minimum absolute atomic E-state index is 0.228. The lowest BCUT2D eigenvalue weighted by atomic mass is 10.0. The zero-order valence-corrected chi connectivity index (χ0v) is 37.9. The Labute approximate surface area is 378 Å². The van der Waals surface area contributed by atoms with Gasteiger partial charge in [0.2, 0.25) is 0 Å². The van der Waals surface area contributed by atoms with Crippen molar-refractivity contribution in [2.45, 2.75) is 57.4 Å². The molecule has 0 radical (unpaired) electrons. The van der Waals surface area contributed by atoms with Crippen LogP contribution in [0.4, 0.5) is 24.8 Å². The van der Waals surface area contributed by atoms with Gasteiger partial charge in [0.1, 0.15) is 11.6 Å². The van der Waals surface area contributed by atoms with E-state index in [-0.39, 0.29) is 6.04 Å². The van der Waals surface area contributed by atoms with Gasteiger partial charge in [-0.1, -0.05) is 78.7 Å². The summed E-state index contributed by atoms with van der Waals surface area (Å²) >= 11 is 19.9. The minimum Gasteiger partial charge on any atom is -0.367 e. The molecule has 3 aromatic carbocycles. The van der Waals surface area contributed by atoms with E-state index >= 15 is 0 Å². The molecule has 61 heavy (non-hydrogen) atoms. The number of hydrogen-bond donors (Lipinski definition) is 2. The van der Waals surface area contributed by atoms with Crippen molar-refractivity contribution in [2.24, 2.45) is 0 Å². The molecule has 17 heteroatoms. The standard InChI is InChI=1S/C25H22BrClF3N5.C19H21BrClN5/c26-20-14-31-35-23(13-22(33-24(20)35)19-3-1-2-4-21(19)27)32-18-9-11-34(12-10-18)15-16-5-7-17(8-6-16)25(28,29)30;1-2-25-9-7-13(8-10-25)23-18-11-17(14-5-3-4-6-16(14)21)24-19-15(20)12-22-26(18)19/h1-8,13-14,18,32H,9-12,15H2;3-6,11-13,23H,2,7-10H2,1H3. The maximum Gasteiger partial charge on any atom is 0.416 e. The lowest BCUT2D eigenvalue weighted by Gasteiger charge is -2.33. The Balaban J connectivity index is 0.000000176. The third-order valence-electron chi connectivity index (χ3n) is 11.2. The summed E-state index contributed by atoms with van der Waals surface area (Å²) in [6, 6.07) is 25.5. The van der Waals surface area contributed by atoms with Crippen LogP contribution in [0.3, 0.4) is 0 Å². The van der Waals surface area contributed by atoms with Crippen LogP contribution in [0.25, 0.3) is 33.8 Å². The zero-order chi connectivity index (χ0) is 42.7. The number of rotatable bonds is 9. The largest absolute Gasteiger partial charge is 0.416 e. The molecule has 6 heterocycles. The second kappa shape index (κ2) is 19.0. The van der Waals surface area contributed by atoms with Gasteiger partial charge in [-0.2, -0.15) is 32.4 Å². The lowest BCUT2D eigenvalue weighted by Crippen LogP contribution is -2.39. The molecule has 7 aromatic rings. The van der Waals surface area contributed by atoms with Crippen molar-refractivity contribution in [1.29, 1.82) is 0 Å². The Morgan fingerprint density at radius 1 is 0.656 bits per heavy atom. The van der Waals surface area contributed by atoms with E-state index in [1.54, 1.807) is 29.0 Å². The molecule has 0 aliphatic carbocycles. The fraction of sp³-hybridized carbons (Fsp3) is 0.318. The van der Waals surface area contributed by atoms with Crippen molar-refractivity contribution < 1.29 is 13.2 Å². The number of fused-ring (bicyclic) bond motifs is 2. The molecule has 0 bridgehead atoms. The predicted molar refractivity (Wildman–Crippen MR) is 244 cm³/mol. The van der Waals surface area contributed by atoms with Crippen molar-refractivity contribution in [3.05, 3.63) is 127 Å². The van der Waals surface area contributed by atoms with Gasteiger partial charge in [-0.25, -0.2) is 9.97 Å². The molecular weight excluding hydrogens is 956 g/mol. The van der Waals surface area contributed by atoms with Gasteiger partial charge >= 0.3 is 6.18 Å². The summed E-state index contributed by atoms with van der Waals surface area (Å²) < 4.78 is 43.7. The molecule has 2 saturated heterocycles. The lowest BCUT2D eigenvalue weighted by molar-refractivity contribution is -0.137. The summed E-state index contributed by atoms with van der Waals surface area (Å²) in [6.07, 6.45) is 3.24. The molecule has 9 rings (SSSR count). The average molecular weight is 1000 g/mol. The van der Waals surface area contributed by atoms with Crippen molar-refractivity contribution in [3.63, 3.8) is 0 Å². The number of nitrogens with zero attached hydrogens (tertiary/aromatic N) is 8. The number of piperidine rings is 2. The van der Waals surface area contributed by atoms with E-state index in [1.807, 2.05) is 65.2 Å². The Morgan fingerprint density at radius 2 is 1.10 bits per heavy atom. The monoisotopic (exact) mass is 996 g/mol. The van der Waals surface area contributed by atoms with E-state index in [0.29, 0.717) is 28.3 Å². The number of benzene rings is 3. The highest BCUT2D eigenvalue weighted by molar-refractivity contribution is 9.11. The fourth-order valence-electron chi connectivity index (χ4n) is 7.80. The molecule has 0 atom stereocenters. The molecular formula is C44H43Br2Cl2F3N10. The molecule has 0 saturated carbocycles. The van der Waals surface area contributed by atoms with E-state index in [4.69, 9.17) is 33.2 Å². The number of anilines is 2. The first-order valence-corrected chi connectivity index (χ1v) is 22.5. The Morgan fingerprint density at radius 3 is 1.52 bits per heavy atom. The summed E-state index contributed by atoms with van der Waals surface area (Å²) in [5, 5.41) is 17.6. The Kier molecular flexibility index (Phi) is 13.5. The molecule has 0 unspecified atom stereocenters. The van der Waals surface area contributed by atoms with Gasteiger partial charge in [-0.15, -0.1) is 0 Å². The maximum atomic E-state index is 12.8. The molecule has 2 N–H and O–H groups in total. The average Bonchev–Trinajstić information content (AvgIpc) is 3.83. The number of halogens is 7. The van der Waals surface area contributed by atoms with Gasteiger partial charge in [0, 0.05) is 78.1 Å². The summed E-state index contributed by atoms with van der Waals surface area (Å²) in [6.45, 7) is 7.91. The summed E-state index contributed by atoms with van der Waals surface area (Å²) in [5.74, 6) is 1.78. The maximum absolute atomic E-state index is 12.8. The molecule has 318 valence electrons. The SMILES string of the molecule is CCN1CCC(Nc2cc(-c3ccccc3Cl)nc3c(Br)cnn23)CC1.FC(F)(F)c1ccc(CN2CCC(Nc3cc(-c4ccccc4Cl)nc4c(Br)cnn34)CC2)cc1. The minimum atomic E-state index is -4.31. The fourth-order valence-corrected chi connectivity index (χ4v) is 8.96. The van der Waals surface area contributed by atoms with Crippen LogP contribution < -0.4 is 10.6 Å². The highest BCUT2D eigenvalue weighted by atomic mass is 79.9. The van der Waals surface area contributed by atoms with Crippen LogP contribution in [0.5, 0.6) is 0 Å². The predicted octanol–water partition coefficient (Wildman–Crippen LogP) is 11.6. The van der Waals surface area contributed by atoms with E-state index in [1.165, 1.54) is 0 Å². The van der Waals surface area contributed by atoms with Crippen molar-refractivity contribution >= 4 is 78.0 Å². The molecule has 4 aromatic heterocycles. The Hall–Kier alpha value is -4.25. The second-order valence-corrected chi connectivity index (χ2v) is 17.7. The zero-order valence-electron chi connectivity index (χ0n) is 33.2. The molecule has 0 spiro atoms. The van der Waals surface area contributed by atoms with Crippen LogP contribution >= 0.6 is 55.1 Å². The highest BCUT2D eigenvalue weighted by Gasteiger charge is 2.30. The normalized spacial score (nSPS) is 15.9. The second-order valence-electron chi connectivity index (χ2n) is 15.2. The highest BCUT2D eigenvalue weighted by Crippen LogP contribution is 2.34. The molecule has 10 nitrogen and oxygen atoms in total. The van der Waals surface area contributed by atoms with E-state index in [9.17, 15) is 13.2 Å². The molecule has 2 fully saturated rings. The third kappa shape index (κ3) is 10.2. The number of nitrogens with one attached hydrogen (secondary N) is 2. The van der Waals surface area contributed by atoms with Gasteiger partial charge in [0.25, 0.3) is 0 Å². The summed E-state index contributed by atoms with van der Waals surface area (Å²) in [4.78, 5) is 14.3. The summed E-state index contributed by atoms with van der Waals surface area (Å²) in [5.41, 5.74) is 5.12. The van der Waals surface area contributed by atoms with Crippen LogP contribution in [-0.2, 0) is 12.7 Å². The van der Waals surface area contributed by atoms with Gasteiger partial charge < -0.3 is 15.5 Å². The van der Waals surface area contributed by atoms with Crippen LogP contribution in [0.15, 0.2) is 106 Å². The van der Waals surface area contributed by atoms with Crippen LogP contribution in [-0.4, -0.2) is 83.8 Å². The molecule has 2 aliphatic rings. The van der Waals surface area contributed by atoms with E-state index in [0.717, 1.165) is 125 Å². The van der Waals surface area contributed by atoms with E-state index < -0.39 is 11.7 Å². The number of alkyl halides is 3. The van der Waals surface area contributed by atoms with Gasteiger partial charge in [-0.3, -0.25) is 4.90 Å².